The lowest BCUT2D eigenvalue weighted by Crippen LogP contribution is -2.34. The monoisotopic (exact) mass is 303 g/mol. The molecule has 2 aromatic heterocycles. The predicted octanol–water partition coefficient (Wildman–Crippen LogP) is 3.16. The third-order valence-corrected chi connectivity index (χ3v) is 4.26. The van der Waals surface area contributed by atoms with Crippen LogP contribution in [0.5, 0.6) is 0 Å². The number of carbonyl (C=O) groups excluding carboxylic acids is 1. The van der Waals surface area contributed by atoms with Crippen LogP contribution in [0.2, 0.25) is 0 Å². The Labute approximate surface area is 129 Å². The van der Waals surface area contributed by atoms with Crippen LogP contribution in [0.15, 0.2) is 24.4 Å². The van der Waals surface area contributed by atoms with E-state index in [0.29, 0.717) is 5.56 Å². The van der Waals surface area contributed by atoms with Crippen LogP contribution in [0.3, 0.4) is 0 Å². The number of rotatable bonds is 5. The van der Waals surface area contributed by atoms with Gasteiger partial charge in [-0.05, 0) is 39.0 Å². The zero-order valence-electron chi connectivity index (χ0n) is 12.9. The quantitative estimate of drug-likeness (QED) is 0.892. The highest BCUT2D eigenvalue weighted by molar-refractivity contribution is 7.11. The topological polar surface area (TPSA) is 54.0 Å². The molecule has 0 fully saturated rings. The standard InChI is InChI=1S/C16H21N3OS/c1-10-8-15(17-4)14(9-18-10)16(20)19-11(2)7-13-6-5-12(3)21-13/h5-6,8-9,11H,7H2,1-4H3,(H,17,18)(H,19,20). The van der Waals surface area contributed by atoms with Crippen LogP contribution in [0.25, 0.3) is 0 Å². The van der Waals surface area contributed by atoms with E-state index >= 15 is 0 Å². The third kappa shape index (κ3) is 4.04. The molecule has 0 aliphatic carbocycles. The van der Waals surface area contributed by atoms with Gasteiger partial charge in [-0.25, -0.2) is 0 Å². The zero-order chi connectivity index (χ0) is 15.4. The van der Waals surface area contributed by atoms with Crippen LogP contribution in [0.1, 0.15) is 32.7 Å². The van der Waals surface area contributed by atoms with Crippen molar-refractivity contribution < 1.29 is 4.79 Å². The molecule has 112 valence electrons. The maximum Gasteiger partial charge on any atom is 0.255 e. The van der Waals surface area contributed by atoms with E-state index < -0.39 is 0 Å². The summed E-state index contributed by atoms with van der Waals surface area (Å²) in [4.78, 5) is 19.1. The van der Waals surface area contributed by atoms with E-state index in [9.17, 15) is 4.79 Å². The Morgan fingerprint density at radius 2 is 2.14 bits per heavy atom. The zero-order valence-corrected chi connectivity index (χ0v) is 13.7. The Morgan fingerprint density at radius 1 is 1.38 bits per heavy atom. The van der Waals surface area contributed by atoms with Crippen molar-refractivity contribution in [2.24, 2.45) is 0 Å². The smallest absolute Gasteiger partial charge is 0.255 e. The van der Waals surface area contributed by atoms with E-state index in [0.717, 1.165) is 17.8 Å². The lowest BCUT2D eigenvalue weighted by atomic mass is 10.1. The molecule has 0 saturated heterocycles. The first kappa shape index (κ1) is 15.5. The molecule has 5 heteroatoms. The molecule has 0 aliphatic heterocycles. The van der Waals surface area contributed by atoms with E-state index in [1.807, 2.05) is 27.0 Å². The molecule has 2 aromatic rings. The summed E-state index contributed by atoms with van der Waals surface area (Å²) in [7, 11) is 1.81. The van der Waals surface area contributed by atoms with Gasteiger partial charge in [-0.3, -0.25) is 9.78 Å². The minimum atomic E-state index is -0.0902. The van der Waals surface area contributed by atoms with E-state index in [1.54, 1.807) is 17.5 Å². The average molecular weight is 303 g/mol. The van der Waals surface area contributed by atoms with Crippen molar-refractivity contribution in [3.8, 4) is 0 Å². The van der Waals surface area contributed by atoms with Gasteiger partial charge in [-0.15, -0.1) is 11.3 Å². The fraction of sp³-hybridized carbons (Fsp3) is 0.375. The van der Waals surface area contributed by atoms with Crippen molar-refractivity contribution in [2.45, 2.75) is 33.2 Å². The molecule has 4 nitrogen and oxygen atoms in total. The molecular formula is C16H21N3OS. The van der Waals surface area contributed by atoms with Crippen molar-refractivity contribution in [1.82, 2.24) is 10.3 Å². The highest BCUT2D eigenvalue weighted by atomic mass is 32.1. The lowest BCUT2D eigenvalue weighted by Gasteiger charge is -2.15. The first-order valence-corrected chi connectivity index (χ1v) is 7.82. The number of aromatic nitrogens is 1. The molecule has 1 amide bonds. The number of nitrogens with one attached hydrogen (secondary N) is 2. The summed E-state index contributed by atoms with van der Waals surface area (Å²) in [5.41, 5.74) is 2.27. The third-order valence-electron chi connectivity index (χ3n) is 3.24. The number of hydrogen-bond donors (Lipinski definition) is 2. The van der Waals surface area contributed by atoms with Gasteiger partial charge < -0.3 is 10.6 Å². The van der Waals surface area contributed by atoms with Crippen LogP contribution in [-0.4, -0.2) is 24.0 Å². The van der Waals surface area contributed by atoms with Gasteiger partial charge in [0.1, 0.15) is 0 Å². The van der Waals surface area contributed by atoms with Gasteiger partial charge >= 0.3 is 0 Å². The summed E-state index contributed by atoms with van der Waals surface area (Å²) >= 11 is 1.77. The minimum absolute atomic E-state index is 0.0848. The number of nitrogens with zero attached hydrogens (tertiary/aromatic N) is 1. The van der Waals surface area contributed by atoms with E-state index in [-0.39, 0.29) is 11.9 Å². The minimum Gasteiger partial charge on any atom is -0.387 e. The molecule has 0 spiro atoms. The number of anilines is 1. The fourth-order valence-electron chi connectivity index (χ4n) is 2.20. The van der Waals surface area contributed by atoms with Gasteiger partial charge in [-0.1, -0.05) is 0 Å². The average Bonchev–Trinajstić information content (AvgIpc) is 2.83. The van der Waals surface area contributed by atoms with Crippen LogP contribution >= 0.6 is 11.3 Å². The van der Waals surface area contributed by atoms with Crippen LogP contribution < -0.4 is 10.6 Å². The van der Waals surface area contributed by atoms with Gasteiger partial charge in [0, 0.05) is 41.2 Å². The summed E-state index contributed by atoms with van der Waals surface area (Å²) in [5.74, 6) is -0.0902. The summed E-state index contributed by atoms with van der Waals surface area (Å²) in [6, 6.07) is 6.19. The predicted molar refractivity (Wildman–Crippen MR) is 88.2 cm³/mol. The summed E-state index contributed by atoms with van der Waals surface area (Å²) < 4.78 is 0. The van der Waals surface area contributed by atoms with Crippen molar-refractivity contribution in [3.63, 3.8) is 0 Å². The number of hydrogen-bond acceptors (Lipinski definition) is 4. The normalized spacial score (nSPS) is 12.0. The Balaban J connectivity index is 2.03. The molecule has 0 bridgehead atoms. The Kier molecular flexibility index (Phi) is 4.96. The van der Waals surface area contributed by atoms with Crippen molar-refractivity contribution in [3.05, 3.63) is 45.4 Å². The maximum atomic E-state index is 12.4. The Morgan fingerprint density at radius 3 is 2.76 bits per heavy atom. The summed E-state index contributed by atoms with van der Waals surface area (Å²) in [5, 5.41) is 6.08. The molecule has 1 unspecified atom stereocenters. The summed E-state index contributed by atoms with van der Waals surface area (Å²) in [6.45, 7) is 6.02. The van der Waals surface area contributed by atoms with Crippen LogP contribution in [0, 0.1) is 13.8 Å². The molecule has 1 atom stereocenters. The maximum absolute atomic E-state index is 12.4. The fourth-order valence-corrected chi connectivity index (χ4v) is 3.22. The Bertz CT molecular complexity index is 636. The van der Waals surface area contributed by atoms with Gasteiger partial charge in [0.2, 0.25) is 0 Å². The van der Waals surface area contributed by atoms with E-state index in [2.05, 4.69) is 34.7 Å². The second-order valence-corrected chi connectivity index (χ2v) is 6.58. The largest absolute Gasteiger partial charge is 0.387 e. The molecule has 0 aliphatic rings. The number of pyridine rings is 1. The Hall–Kier alpha value is -1.88. The summed E-state index contributed by atoms with van der Waals surface area (Å²) in [6.07, 6.45) is 2.47. The van der Waals surface area contributed by atoms with E-state index in [4.69, 9.17) is 0 Å². The molecule has 0 radical (unpaired) electrons. The molecule has 2 rings (SSSR count). The number of amides is 1. The van der Waals surface area contributed by atoms with Gasteiger partial charge in [-0.2, -0.15) is 0 Å². The molecule has 0 aromatic carbocycles. The van der Waals surface area contributed by atoms with Crippen LogP contribution in [0.4, 0.5) is 5.69 Å². The lowest BCUT2D eigenvalue weighted by molar-refractivity contribution is 0.0940. The van der Waals surface area contributed by atoms with Gasteiger partial charge in [0.05, 0.1) is 11.3 Å². The number of thiophene rings is 1. The molecular weight excluding hydrogens is 282 g/mol. The highest BCUT2D eigenvalue weighted by Crippen LogP contribution is 2.18. The molecule has 2 N–H and O–H groups in total. The van der Waals surface area contributed by atoms with Crippen LogP contribution in [-0.2, 0) is 6.42 Å². The van der Waals surface area contributed by atoms with E-state index in [1.165, 1.54) is 9.75 Å². The van der Waals surface area contributed by atoms with Crippen molar-refractivity contribution in [2.75, 3.05) is 12.4 Å². The molecule has 2 heterocycles. The van der Waals surface area contributed by atoms with Gasteiger partial charge in [0.25, 0.3) is 5.91 Å². The van der Waals surface area contributed by atoms with Crippen molar-refractivity contribution in [1.29, 1.82) is 0 Å². The SMILES string of the molecule is CNc1cc(C)ncc1C(=O)NC(C)Cc1ccc(C)s1. The first-order valence-electron chi connectivity index (χ1n) is 7.00. The number of carbonyl (C=O) groups is 1. The highest BCUT2D eigenvalue weighted by Gasteiger charge is 2.15. The van der Waals surface area contributed by atoms with Gasteiger partial charge in [0.15, 0.2) is 0 Å². The first-order chi connectivity index (χ1) is 9.99. The second kappa shape index (κ2) is 6.72. The number of aryl methyl sites for hydroxylation is 2. The van der Waals surface area contributed by atoms with Crippen molar-refractivity contribution >= 4 is 22.9 Å². The molecule has 21 heavy (non-hydrogen) atoms. The second-order valence-electron chi connectivity index (χ2n) is 5.21. The molecule has 0 saturated carbocycles.